The molecule has 0 atom stereocenters. The number of nitrogens with one attached hydrogen (secondary N) is 2. The summed E-state index contributed by atoms with van der Waals surface area (Å²) < 4.78 is 2.00. The van der Waals surface area contributed by atoms with E-state index in [1.165, 1.54) is 11.1 Å². The fraction of sp³-hybridized carbons (Fsp3) is 0.278. The molecule has 0 saturated carbocycles. The maximum Gasteiger partial charge on any atom is 0.191 e. The van der Waals surface area contributed by atoms with Crippen LogP contribution >= 0.6 is 24.0 Å². The van der Waals surface area contributed by atoms with Crippen LogP contribution in [-0.2, 0) is 13.0 Å². The van der Waals surface area contributed by atoms with E-state index in [0.29, 0.717) is 0 Å². The van der Waals surface area contributed by atoms with Crippen LogP contribution in [0.1, 0.15) is 17.0 Å². The summed E-state index contributed by atoms with van der Waals surface area (Å²) >= 11 is 0. The minimum absolute atomic E-state index is 0. The number of fused-ring (bicyclic) bond motifs is 1. The van der Waals surface area contributed by atoms with Crippen molar-refractivity contribution < 1.29 is 0 Å². The number of aromatic nitrogens is 3. The number of pyridine rings is 1. The zero-order valence-corrected chi connectivity index (χ0v) is 16.8. The van der Waals surface area contributed by atoms with Gasteiger partial charge in [-0.1, -0.05) is 35.9 Å². The standard InChI is InChI=1S/C18H22N6.HI/c1-14-6-5-7-15(12-14)13-21-18(19-2)20-10-9-17-23-22-16-8-3-4-11-24(16)17;/h3-8,11-12H,9-10,13H2,1-2H3,(H2,19,20,21);1H. The van der Waals surface area contributed by atoms with Gasteiger partial charge in [0.15, 0.2) is 11.6 Å². The van der Waals surface area contributed by atoms with Gasteiger partial charge < -0.3 is 10.6 Å². The molecule has 0 saturated heterocycles. The number of aryl methyl sites for hydroxylation is 1. The Morgan fingerprint density at radius 2 is 2.00 bits per heavy atom. The fourth-order valence-corrected chi connectivity index (χ4v) is 2.58. The minimum atomic E-state index is 0. The van der Waals surface area contributed by atoms with Crippen molar-refractivity contribution in [2.24, 2.45) is 4.99 Å². The van der Waals surface area contributed by atoms with E-state index >= 15 is 0 Å². The number of hydrogen-bond acceptors (Lipinski definition) is 3. The van der Waals surface area contributed by atoms with Crippen molar-refractivity contribution in [1.82, 2.24) is 25.2 Å². The minimum Gasteiger partial charge on any atom is -0.356 e. The van der Waals surface area contributed by atoms with Crippen LogP contribution in [0.2, 0.25) is 0 Å². The molecule has 0 aliphatic heterocycles. The number of hydrogen-bond donors (Lipinski definition) is 2. The van der Waals surface area contributed by atoms with Crippen LogP contribution in [-0.4, -0.2) is 34.2 Å². The SMILES string of the molecule is CN=C(NCCc1nnc2ccccn12)NCc1cccc(C)c1.I. The average Bonchev–Trinajstić information content (AvgIpc) is 3.01. The molecule has 7 heteroatoms. The molecule has 132 valence electrons. The van der Waals surface area contributed by atoms with Gasteiger partial charge in [0.2, 0.25) is 0 Å². The summed E-state index contributed by atoms with van der Waals surface area (Å²) in [5.41, 5.74) is 3.37. The van der Waals surface area contributed by atoms with Gasteiger partial charge in [-0.05, 0) is 24.6 Å². The van der Waals surface area contributed by atoms with Gasteiger partial charge in [-0.15, -0.1) is 34.2 Å². The highest BCUT2D eigenvalue weighted by molar-refractivity contribution is 14.0. The molecule has 2 N–H and O–H groups in total. The lowest BCUT2D eigenvalue weighted by Crippen LogP contribution is -2.38. The summed E-state index contributed by atoms with van der Waals surface area (Å²) in [5, 5.41) is 15.0. The summed E-state index contributed by atoms with van der Waals surface area (Å²) in [6.07, 6.45) is 2.76. The Kier molecular flexibility index (Phi) is 7.17. The Bertz CT molecular complexity index is 842. The topological polar surface area (TPSA) is 66.6 Å². The first-order valence-electron chi connectivity index (χ1n) is 8.05. The van der Waals surface area contributed by atoms with Gasteiger partial charge in [-0.3, -0.25) is 9.39 Å². The first-order chi connectivity index (χ1) is 11.8. The number of aliphatic imine (C=N–C) groups is 1. The molecule has 6 nitrogen and oxygen atoms in total. The van der Waals surface area contributed by atoms with Gasteiger partial charge in [-0.2, -0.15) is 0 Å². The summed E-state index contributed by atoms with van der Waals surface area (Å²) in [7, 11) is 1.78. The summed E-state index contributed by atoms with van der Waals surface area (Å²) in [4.78, 5) is 4.26. The highest BCUT2D eigenvalue weighted by atomic mass is 127. The van der Waals surface area contributed by atoms with E-state index in [0.717, 1.165) is 36.9 Å². The van der Waals surface area contributed by atoms with Crippen molar-refractivity contribution in [3.05, 3.63) is 65.6 Å². The third-order valence-corrected chi connectivity index (χ3v) is 3.79. The van der Waals surface area contributed by atoms with Crippen LogP contribution in [0.5, 0.6) is 0 Å². The van der Waals surface area contributed by atoms with E-state index in [2.05, 4.69) is 57.0 Å². The first kappa shape index (κ1) is 19.2. The lowest BCUT2D eigenvalue weighted by Gasteiger charge is -2.12. The lowest BCUT2D eigenvalue weighted by molar-refractivity contribution is 0.761. The van der Waals surface area contributed by atoms with Crippen LogP contribution in [0.15, 0.2) is 53.7 Å². The van der Waals surface area contributed by atoms with E-state index in [-0.39, 0.29) is 24.0 Å². The smallest absolute Gasteiger partial charge is 0.191 e. The molecule has 0 amide bonds. The van der Waals surface area contributed by atoms with E-state index < -0.39 is 0 Å². The van der Waals surface area contributed by atoms with Crippen molar-refractivity contribution in [1.29, 1.82) is 0 Å². The summed E-state index contributed by atoms with van der Waals surface area (Å²) in [6, 6.07) is 14.3. The zero-order valence-electron chi connectivity index (χ0n) is 14.4. The van der Waals surface area contributed by atoms with Crippen LogP contribution in [0.4, 0.5) is 0 Å². The number of halogens is 1. The largest absolute Gasteiger partial charge is 0.356 e. The maximum absolute atomic E-state index is 4.26. The molecule has 0 aliphatic rings. The molecule has 0 radical (unpaired) electrons. The predicted molar refractivity (Wildman–Crippen MR) is 111 cm³/mol. The maximum atomic E-state index is 4.26. The second-order valence-corrected chi connectivity index (χ2v) is 5.64. The molecule has 0 unspecified atom stereocenters. The van der Waals surface area contributed by atoms with E-state index in [1.54, 1.807) is 7.05 Å². The Morgan fingerprint density at radius 3 is 2.80 bits per heavy atom. The van der Waals surface area contributed by atoms with E-state index in [4.69, 9.17) is 0 Å². The molecule has 2 heterocycles. The van der Waals surface area contributed by atoms with Gasteiger partial charge in [0, 0.05) is 32.8 Å². The summed E-state index contributed by atoms with van der Waals surface area (Å²) in [5.74, 6) is 1.72. The van der Waals surface area contributed by atoms with Gasteiger partial charge in [0.1, 0.15) is 5.82 Å². The zero-order chi connectivity index (χ0) is 16.8. The molecule has 0 spiro atoms. The Morgan fingerprint density at radius 1 is 1.12 bits per heavy atom. The molecule has 1 aromatic carbocycles. The summed E-state index contributed by atoms with van der Waals surface area (Å²) in [6.45, 7) is 3.58. The third kappa shape index (κ3) is 5.15. The van der Waals surface area contributed by atoms with Gasteiger partial charge >= 0.3 is 0 Å². The van der Waals surface area contributed by atoms with Crippen LogP contribution in [0.3, 0.4) is 0 Å². The van der Waals surface area contributed by atoms with E-state index in [9.17, 15) is 0 Å². The molecule has 0 aliphatic carbocycles. The van der Waals surface area contributed by atoms with E-state index in [1.807, 2.05) is 28.8 Å². The fourth-order valence-electron chi connectivity index (χ4n) is 2.58. The number of rotatable bonds is 5. The van der Waals surface area contributed by atoms with Crippen molar-refractivity contribution in [2.45, 2.75) is 19.9 Å². The number of benzene rings is 1. The van der Waals surface area contributed by atoms with Gasteiger partial charge in [-0.25, -0.2) is 0 Å². The molecule has 3 aromatic rings. The Labute approximate surface area is 164 Å². The second-order valence-electron chi connectivity index (χ2n) is 5.64. The third-order valence-electron chi connectivity index (χ3n) is 3.79. The quantitative estimate of drug-likeness (QED) is 0.356. The molecule has 3 rings (SSSR count). The molecule has 2 aromatic heterocycles. The van der Waals surface area contributed by atoms with Crippen LogP contribution < -0.4 is 10.6 Å². The van der Waals surface area contributed by atoms with Crippen molar-refractivity contribution >= 4 is 35.6 Å². The molecular weight excluding hydrogens is 427 g/mol. The second kappa shape index (κ2) is 9.36. The molecule has 0 bridgehead atoms. The first-order valence-corrected chi connectivity index (χ1v) is 8.05. The van der Waals surface area contributed by atoms with Crippen LogP contribution in [0.25, 0.3) is 5.65 Å². The highest BCUT2D eigenvalue weighted by Gasteiger charge is 2.05. The normalized spacial score (nSPS) is 11.2. The number of nitrogens with zero attached hydrogens (tertiary/aromatic N) is 4. The molecule has 0 fully saturated rings. The van der Waals surface area contributed by atoms with Crippen molar-refractivity contribution in [2.75, 3.05) is 13.6 Å². The van der Waals surface area contributed by atoms with Gasteiger partial charge in [0.05, 0.1) is 0 Å². The van der Waals surface area contributed by atoms with Crippen LogP contribution in [0, 0.1) is 6.92 Å². The Balaban J connectivity index is 0.00000225. The monoisotopic (exact) mass is 450 g/mol. The lowest BCUT2D eigenvalue weighted by atomic mass is 10.1. The molecule has 25 heavy (non-hydrogen) atoms. The predicted octanol–water partition coefficient (Wildman–Crippen LogP) is 2.56. The van der Waals surface area contributed by atoms with Crippen molar-refractivity contribution in [3.8, 4) is 0 Å². The highest BCUT2D eigenvalue weighted by Crippen LogP contribution is 2.04. The number of guanidine groups is 1. The van der Waals surface area contributed by atoms with Crippen molar-refractivity contribution in [3.63, 3.8) is 0 Å². The molecular formula is C18H23IN6. The van der Waals surface area contributed by atoms with Gasteiger partial charge in [0.25, 0.3) is 0 Å². The Hall–Kier alpha value is -2.16. The average molecular weight is 450 g/mol.